The Labute approximate surface area is 436 Å². The SMILES string of the molecule is [C-]#[N+]c1ccc(-c2ccc3c(c2)c2ccccc2n3-c2ccc(-c3nc(-c4ccccc4)nc(-c4ccccc4)n3)cc2-c2ncccc2-n2c3ccccc3c3cc(-c4ccc(C#N)cc4[N+]#[C-])ccc32)c(C#N)c1. The largest absolute Gasteiger partial charge is 0.309 e. The molecule has 0 saturated heterocycles. The zero-order valence-corrected chi connectivity index (χ0v) is 40.3. The van der Waals surface area contributed by atoms with Crippen molar-refractivity contribution in [2.24, 2.45) is 0 Å². The van der Waals surface area contributed by atoms with Crippen molar-refractivity contribution < 1.29 is 0 Å². The first kappa shape index (κ1) is 44.6. The van der Waals surface area contributed by atoms with Gasteiger partial charge in [0.1, 0.15) is 0 Å². The summed E-state index contributed by atoms with van der Waals surface area (Å²) in [7, 11) is 0. The maximum atomic E-state index is 10.2. The fraction of sp³-hybridized carbons (Fsp3) is 0. The molecule has 13 rings (SSSR count). The molecule has 0 aliphatic heterocycles. The van der Waals surface area contributed by atoms with E-state index in [9.17, 15) is 10.5 Å². The second-order valence-electron chi connectivity index (χ2n) is 18.2. The normalized spacial score (nSPS) is 11.1. The molecule has 0 aliphatic carbocycles. The fourth-order valence-corrected chi connectivity index (χ4v) is 10.5. The summed E-state index contributed by atoms with van der Waals surface area (Å²) >= 11 is 0. The van der Waals surface area contributed by atoms with Crippen LogP contribution in [0.1, 0.15) is 11.1 Å². The van der Waals surface area contributed by atoms with E-state index < -0.39 is 0 Å². The van der Waals surface area contributed by atoms with E-state index in [0.29, 0.717) is 45.7 Å². The van der Waals surface area contributed by atoms with E-state index in [0.717, 1.165) is 99.5 Å². The quantitative estimate of drug-likeness (QED) is 0.140. The third kappa shape index (κ3) is 7.47. The Kier molecular flexibility index (Phi) is 10.8. The second-order valence-corrected chi connectivity index (χ2v) is 18.2. The Morgan fingerprint density at radius 2 is 0.947 bits per heavy atom. The number of pyridine rings is 1. The molecule has 0 amide bonds. The summed E-state index contributed by atoms with van der Waals surface area (Å²) in [5.41, 5.74) is 14.4. The highest BCUT2D eigenvalue weighted by Gasteiger charge is 2.24. The Hall–Kier alpha value is -11.3. The van der Waals surface area contributed by atoms with Crippen molar-refractivity contribution in [3.05, 3.63) is 252 Å². The molecule has 0 aliphatic rings. The lowest BCUT2D eigenvalue weighted by atomic mass is 9.98. The van der Waals surface area contributed by atoms with Gasteiger partial charge >= 0.3 is 0 Å². The van der Waals surface area contributed by atoms with Crippen LogP contribution in [0.2, 0.25) is 0 Å². The van der Waals surface area contributed by atoms with Crippen molar-refractivity contribution in [3.8, 4) is 91.2 Å². The van der Waals surface area contributed by atoms with E-state index in [2.05, 4.69) is 104 Å². The number of aromatic nitrogens is 6. The van der Waals surface area contributed by atoms with Crippen LogP contribution in [0.25, 0.3) is 132 Å². The average molecular weight is 969 g/mol. The molecular formula is C66H36N10. The first-order valence-corrected chi connectivity index (χ1v) is 24.4. The lowest BCUT2D eigenvalue weighted by Crippen LogP contribution is -2.04. The van der Waals surface area contributed by atoms with E-state index in [1.54, 1.807) is 24.3 Å². The van der Waals surface area contributed by atoms with Crippen LogP contribution in [-0.2, 0) is 0 Å². The number of fused-ring (bicyclic) bond motifs is 6. The Morgan fingerprint density at radius 3 is 1.55 bits per heavy atom. The number of rotatable bonds is 8. The molecule has 13 aromatic rings. The van der Waals surface area contributed by atoms with Crippen molar-refractivity contribution in [2.45, 2.75) is 0 Å². The number of hydrogen-bond acceptors (Lipinski definition) is 6. The molecule has 0 radical (unpaired) electrons. The van der Waals surface area contributed by atoms with Gasteiger partial charge in [-0.05, 0) is 107 Å². The van der Waals surface area contributed by atoms with Crippen LogP contribution in [0, 0.1) is 35.8 Å². The third-order valence-electron chi connectivity index (χ3n) is 13.9. The predicted octanol–water partition coefficient (Wildman–Crippen LogP) is 16.3. The molecular weight excluding hydrogens is 933 g/mol. The van der Waals surface area contributed by atoms with Gasteiger partial charge in [-0.25, -0.2) is 24.6 Å². The van der Waals surface area contributed by atoms with Crippen molar-refractivity contribution in [1.82, 2.24) is 29.1 Å². The molecule has 0 fully saturated rings. The van der Waals surface area contributed by atoms with E-state index in [1.807, 2.05) is 121 Å². The van der Waals surface area contributed by atoms with Crippen LogP contribution in [0.15, 0.2) is 219 Å². The number of para-hydroxylation sites is 2. The van der Waals surface area contributed by atoms with Gasteiger partial charge in [-0.1, -0.05) is 127 Å². The lowest BCUT2D eigenvalue weighted by molar-refractivity contribution is 1.07. The monoisotopic (exact) mass is 968 g/mol. The Morgan fingerprint density at radius 1 is 0.395 bits per heavy atom. The third-order valence-corrected chi connectivity index (χ3v) is 13.9. The van der Waals surface area contributed by atoms with Crippen molar-refractivity contribution >= 4 is 55.0 Å². The first-order valence-electron chi connectivity index (χ1n) is 24.4. The van der Waals surface area contributed by atoms with Crippen LogP contribution in [0.5, 0.6) is 0 Å². The van der Waals surface area contributed by atoms with Gasteiger partial charge in [-0.2, -0.15) is 10.5 Å². The molecule has 0 bridgehead atoms. The van der Waals surface area contributed by atoms with E-state index in [-0.39, 0.29) is 0 Å². The van der Waals surface area contributed by atoms with Gasteiger partial charge < -0.3 is 9.13 Å². The first-order chi connectivity index (χ1) is 37.5. The Balaban J connectivity index is 1.08. The molecule has 76 heavy (non-hydrogen) atoms. The van der Waals surface area contributed by atoms with Crippen LogP contribution >= 0.6 is 0 Å². The van der Waals surface area contributed by atoms with Gasteiger partial charge in [0.25, 0.3) is 0 Å². The summed E-state index contributed by atoms with van der Waals surface area (Å²) in [5, 5.41) is 23.9. The van der Waals surface area contributed by atoms with Crippen LogP contribution < -0.4 is 0 Å². The zero-order valence-electron chi connectivity index (χ0n) is 40.3. The van der Waals surface area contributed by atoms with Crippen LogP contribution in [0.4, 0.5) is 11.4 Å². The smallest absolute Gasteiger partial charge is 0.196 e. The fourth-order valence-electron chi connectivity index (χ4n) is 10.5. The summed E-state index contributed by atoms with van der Waals surface area (Å²) in [6.07, 6.45) is 1.83. The minimum absolute atomic E-state index is 0.413. The van der Waals surface area contributed by atoms with E-state index >= 15 is 0 Å². The molecule has 4 aromatic heterocycles. The summed E-state index contributed by atoms with van der Waals surface area (Å²) in [5.74, 6) is 1.59. The Bertz CT molecular complexity index is 4640. The zero-order chi connectivity index (χ0) is 51.3. The number of nitrogens with zero attached hydrogens (tertiary/aromatic N) is 10. The maximum Gasteiger partial charge on any atom is 0.196 e. The van der Waals surface area contributed by atoms with Crippen molar-refractivity contribution in [1.29, 1.82) is 10.5 Å². The molecule has 0 spiro atoms. The summed E-state index contributed by atoms with van der Waals surface area (Å²) in [6.45, 7) is 15.6. The molecule has 10 nitrogen and oxygen atoms in total. The summed E-state index contributed by atoms with van der Waals surface area (Å²) < 4.78 is 4.54. The number of nitriles is 2. The highest BCUT2D eigenvalue weighted by Crippen LogP contribution is 2.44. The minimum atomic E-state index is 0.413. The van der Waals surface area contributed by atoms with Gasteiger partial charge in [0, 0.05) is 61.1 Å². The van der Waals surface area contributed by atoms with Gasteiger partial charge in [0.2, 0.25) is 0 Å². The van der Waals surface area contributed by atoms with E-state index in [1.165, 1.54) is 0 Å². The van der Waals surface area contributed by atoms with Gasteiger partial charge in [-0.15, -0.1) is 0 Å². The molecule has 0 saturated carbocycles. The second kappa shape index (κ2) is 18.4. The summed E-state index contributed by atoms with van der Waals surface area (Å²) in [6, 6.07) is 74.4. The maximum absolute atomic E-state index is 10.2. The molecule has 0 N–H and O–H groups in total. The lowest BCUT2D eigenvalue weighted by Gasteiger charge is -2.19. The number of hydrogen-bond donors (Lipinski definition) is 0. The molecule has 10 heteroatoms. The highest BCUT2D eigenvalue weighted by molar-refractivity contribution is 6.13. The molecule has 4 heterocycles. The van der Waals surface area contributed by atoms with Crippen molar-refractivity contribution in [2.75, 3.05) is 0 Å². The molecule has 0 atom stereocenters. The van der Waals surface area contributed by atoms with Crippen LogP contribution in [0.3, 0.4) is 0 Å². The number of benzene rings is 9. The van der Waals surface area contributed by atoms with Crippen molar-refractivity contribution in [3.63, 3.8) is 0 Å². The van der Waals surface area contributed by atoms with Gasteiger partial charge in [0.05, 0.1) is 64.4 Å². The standard InChI is InChI=1S/C66H36N10/c1-69-48-27-29-49(47(35-48)40-68)44-24-30-59-53(36-44)51-18-9-11-20-57(51)75(59)61-32-26-46(66-73-64(42-14-5-3-6-15-42)72-65(74-66)43-16-7-4-8-17-43)38-55(61)63-62(22-13-33-71-63)76-58-21-12-10-19-52(58)54-37-45(25-31-60(54)76)50-28-23-41(39-67)34-56(50)70-2/h3-38H. The van der Waals surface area contributed by atoms with Crippen LogP contribution in [-0.4, -0.2) is 29.1 Å². The topological polar surface area (TPSA) is 118 Å². The van der Waals surface area contributed by atoms with Gasteiger partial charge in [0.15, 0.2) is 28.8 Å². The molecule has 350 valence electrons. The molecule has 0 unspecified atom stereocenters. The minimum Gasteiger partial charge on any atom is -0.309 e. The molecule has 9 aromatic carbocycles. The van der Waals surface area contributed by atoms with Gasteiger partial charge in [-0.3, -0.25) is 4.98 Å². The predicted molar refractivity (Wildman–Crippen MR) is 301 cm³/mol. The summed E-state index contributed by atoms with van der Waals surface area (Å²) in [4.78, 5) is 28.0. The highest BCUT2D eigenvalue weighted by atomic mass is 15.0. The average Bonchev–Trinajstić information content (AvgIpc) is 4.10. The van der Waals surface area contributed by atoms with E-state index in [4.69, 9.17) is 33.1 Å².